The van der Waals surface area contributed by atoms with Gasteiger partial charge in [0.2, 0.25) is 0 Å². The first kappa shape index (κ1) is 17.6. The monoisotopic (exact) mass is 353 g/mol. The van der Waals surface area contributed by atoms with Crippen molar-refractivity contribution in [2.24, 2.45) is 0 Å². The maximum Gasteiger partial charge on any atom is 0.261 e. The minimum absolute atomic E-state index is 0.0301. The second-order valence-corrected chi connectivity index (χ2v) is 8.61. The van der Waals surface area contributed by atoms with E-state index in [4.69, 9.17) is 11.6 Å². The van der Waals surface area contributed by atoms with E-state index in [-0.39, 0.29) is 21.1 Å². The number of sulfonamides is 1. The lowest BCUT2D eigenvalue weighted by Gasteiger charge is -2.22. The van der Waals surface area contributed by atoms with E-state index in [1.807, 2.05) is 27.7 Å². The topological polar surface area (TPSA) is 66.4 Å². The Hall–Kier alpha value is -1.72. The number of aryl methyl sites for hydroxylation is 1. The molecule has 0 aromatic heterocycles. The molecule has 124 valence electrons. The van der Waals surface area contributed by atoms with Crippen LogP contribution in [0.25, 0.3) is 0 Å². The maximum atomic E-state index is 12.5. The van der Waals surface area contributed by atoms with E-state index in [0.717, 1.165) is 5.56 Å². The van der Waals surface area contributed by atoms with Gasteiger partial charge in [-0.1, -0.05) is 50.1 Å². The third-order valence-corrected chi connectivity index (χ3v) is 5.14. The van der Waals surface area contributed by atoms with Crippen molar-refractivity contribution >= 4 is 27.3 Å². The Labute approximate surface area is 142 Å². The quantitative estimate of drug-likeness (QED) is 0.801. The minimum Gasteiger partial charge on any atom is -0.506 e. The Morgan fingerprint density at radius 1 is 1.09 bits per heavy atom. The van der Waals surface area contributed by atoms with E-state index < -0.39 is 10.0 Å². The molecule has 6 heteroatoms. The highest BCUT2D eigenvalue weighted by Gasteiger charge is 2.22. The Kier molecular flexibility index (Phi) is 4.64. The van der Waals surface area contributed by atoms with Gasteiger partial charge in [-0.15, -0.1) is 0 Å². The summed E-state index contributed by atoms with van der Waals surface area (Å²) in [4.78, 5) is 0.171. The molecule has 2 N–H and O–H groups in total. The average molecular weight is 354 g/mol. The molecule has 23 heavy (non-hydrogen) atoms. The number of benzene rings is 2. The summed E-state index contributed by atoms with van der Waals surface area (Å²) in [5.41, 5.74) is 1.50. The van der Waals surface area contributed by atoms with E-state index in [9.17, 15) is 13.5 Å². The van der Waals surface area contributed by atoms with E-state index in [1.165, 1.54) is 6.07 Å². The Morgan fingerprint density at radius 3 is 2.17 bits per heavy atom. The van der Waals surface area contributed by atoms with Gasteiger partial charge in [0.1, 0.15) is 5.75 Å². The van der Waals surface area contributed by atoms with Crippen molar-refractivity contribution in [2.45, 2.75) is 38.0 Å². The van der Waals surface area contributed by atoms with Crippen molar-refractivity contribution in [3.05, 3.63) is 52.5 Å². The summed E-state index contributed by atoms with van der Waals surface area (Å²) in [5, 5.41) is 10.2. The highest BCUT2D eigenvalue weighted by molar-refractivity contribution is 7.92. The average Bonchev–Trinajstić information content (AvgIpc) is 2.41. The smallest absolute Gasteiger partial charge is 0.261 e. The van der Waals surface area contributed by atoms with E-state index in [0.29, 0.717) is 11.3 Å². The highest BCUT2D eigenvalue weighted by atomic mass is 35.5. The van der Waals surface area contributed by atoms with Crippen molar-refractivity contribution in [1.82, 2.24) is 0 Å². The van der Waals surface area contributed by atoms with Crippen molar-refractivity contribution in [3.63, 3.8) is 0 Å². The van der Waals surface area contributed by atoms with Gasteiger partial charge >= 0.3 is 0 Å². The maximum absolute atomic E-state index is 12.5. The number of phenolic OH excluding ortho intramolecular Hbond substituents is 1. The minimum atomic E-state index is -3.71. The van der Waals surface area contributed by atoms with E-state index in [2.05, 4.69) is 4.72 Å². The number of nitrogens with one attached hydrogen (secondary N) is 1. The summed E-state index contributed by atoms with van der Waals surface area (Å²) in [6.07, 6.45) is 0. The summed E-state index contributed by atoms with van der Waals surface area (Å²) < 4.78 is 27.4. The molecule has 0 aliphatic carbocycles. The standard InChI is InChI=1S/C17H20ClNO3S/c1-11-5-7-13(8-6-11)23(21,22)19-12-9-14(17(2,3)4)16(20)15(18)10-12/h5-10,19-20H,1-4H3. The Morgan fingerprint density at radius 2 is 1.65 bits per heavy atom. The molecule has 0 heterocycles. The lowest BCUT2D eigenvalue weighted by Crippen LogP contribution is -2.15. The molecular weight excluding hydrogens is 334 g/mol. The number of halogens is 1. The van der Waals surface area contributed by atoms with Crippen molar-refractivity contribution in [3.8, 4) is 5.75 Å². The van der Waals surface area contributed by atoms with Crippen LogP contribution in [0.2, 0.25) is 5.02 Å². The van der Waals surface area contributed by atoms with Gasteiger partial charge in [0, 0.05) is 5.56 Å². The van der Waals surface area contributed by atoms with E-state index >= 15 is 0 Å². The van der Waals surface area contributed by atoms with Crippen LogP contribution < -0.4 is 4.72 Å². The summed E-state index contributed by atoms with van der Waals surface area (Å²) in [7, 11) is -3.71. The SMILES string of the molecule is Cc1ccc(S(=O)(=O)Nc2cc(Cl)c(O)c(C(C)(C)C)c2)cc1. The first-order valence-electron chi connectivity index (χ1n) is 7.13. The molecule has 0 radical (unpaired) electrons. The molecule has 0 unspecified atom stereocenters. The molecule has 2 aromatic rings. The van der Waals surface area contributed by atoms with Gasteiger partial charge in [0.25, 0.3) is 10.0 Å². The fraction of sp³-hybridized carbons (Fsp3) is 0.294. The van der Waals surface area contributed by atoms with Gasteiger partial charge in [-0.25, -0.2) is 8.42 Å². The fourth-order valence-corrected chi connectivity index (χ4v) is 3.42. The number of aromatic hydroxyl groups is 1. The molecule has 0 amide bonds. The largest absolute Gasteiger partial charge is 0.506 e. The van der Waals surface area contributed by atoms with Gasteiger partial charge in [-0.2, -0.15) is 0 Å². The molecular formula is C17H20ClNO3S. The first-order valence-corrected chi connectivity index (χ1v) is 8.99. The summed E-state index contributed by atoms with van der Waals surface area (Å²) in [6, 6.07) is 9.57. The molecule has 2 rings (SSSR count). The molecule has 0 aliphatic heterocycles. The third-order valence-electron chi connectivity index (χ3n) is 3.45. The van der Waals surface area contributed by atoms with Crippen LogP contribution in [0.5, 0.6) is 5.75 Å². The molecule has 0 spiro atoms. The zero-order valence-corrected chi connectivity index (χ0v) is 15.1. The lowest BCUT2D eigenvalue weighted by atomic mass is 9.86. The van der Waals surface area contributed by atoms with Crippen LogP contribution in [0.3, 0.4) is 0 Å². The molecule has 0 saturated heterocycles. The summed E-state index contributed by atoms with van der Waals surface area (Å²) in [6.45, 7) is 7.63. The summed E-state index contributed by atoms with van der Waals surface area (Å²) >= 11 is 6.04. The Balaban J connectivity index is 2.44. The predicted octanol–water partition coefficient (Wildman–Crippen LogP) is 4.45. The van der Waals surface area contributed by atoms with Crippen LogP contribution in [0.15, 0.2) is 41.3 Å². The van der Waals surface area contributed by atoms with E-state index in [1.54, 1.807) is 30.3 Å². The van der Waals surface area contributed by atoms with Crippen LogP contribution in [0.1, 0.15) is 31.9 Å². The van der Waals surface area contributed by atoms with Gasteiger partial charge < -0.3 is 5.11 Å². The number of hydrogen-bond donors (Lipinski definition) is 2. The molecule has 0 aliphatic rings. The molecule has 0 bridgehead atoms. The second kappa shape index (κ2) is 6.06. The molecule has 4 nitrogen and oxygen atoms in total. The lowest BCUT2D eigenvalue weighted by molar-refractivity contribution is 0.447. The van der Waals surface area contributed by atoms with Gasteiger partial charge in [0.05, 0.1) is 15.6 Å². The highest BCUT2D eigenvalue weighted by Crippen LogP contribution is 2.38. The number of hydrogen-bond acceptors (Lipinski definition) is 3. The summed E-state index contributed by atoms with van der Waals surface area (Å²) in [5.74, 6) is -0.0301. The van der Waals surface area contributed by atoms with Crippen LogP contribution in [-0.2, 0) is 15.4 Å². The third kappa shape index (κ3) is 3.98. The Bertz CT molecular complexity index is 822. The molecule has 0 atom stereocenters. The number of phenols is 1. The van der Waals surface area contributed by atoms with Crippen molar-refractivity contribution < 1.29 is 13.5 Å². The van der Waals surface area contributed by atoms with Crippen LogP contribution >= 0.6 is 11.6 Å². The van der Waals surface area contributed by atoms with Crippen molar-refractivity contribution in [1.29, 1.82) is 0 Å². The number of anilines is 1. The van der Waals surface area contributed by atoms with Crippen molar-refractivity contribution in [2.75, 3.05) is 4.72 Å². The zero-order valence-electron chi connectivity index (χ0n) is 13.5. The van der Waals surface area contributed by atoms with Crippen LogP contribution in [0.4, 0.5) is 5.69 Å². The first-order chi connectivity index (χ1) is 10.5. The second-order valence-electron chi connectivity index (χ2n) is 6.52. The van der Waals surface area contributed by atoms with Gasteiger partial charge in [0.15, 0.2) is 0 Å². The van der Waals surface area contributed by atoms with Crippen LogP contribution in [0, 0.1) is 6.92 Å². The fourth-order valence-electron chi connectivity index (χ4n) is 2.16. The van der Waals surface area contributed by atoms with Gasteiger partial charge in [-0.05, 0) is 36.6 Å². The normalized spacial score (nSPS) is 12.2. The zero-order chi connectivity index (χ0) is 17.4. The number of rotatable bonds is 3. The van der Waals surface area contributed by atoms with Crippen LogP contribution in [-0.4, -0.2) is 13.5 Å². The molecule has 0 fully saturated rings. The predicted molar refractivity (Wildman–Crippen MR) is 93.8 cm³/mol. The molecule has 0 saturated carbocycles. The van der Waals surface area contributed by atoms with Gasteiger partial charge in [-0.3, -0.25) is 4.72 Å². The molecule has 2 aromatic carbocycles.